The summed E-state index contributed by atoms with van der Waals surface area (Å²) < 4.78 is 5.34. The van der Waals surface area contributed by atoms with E-state index in [-0.39, 0.29) is 18.1 Å². The van der Waals surface area contributed by atoms with Crippen LogP contribution >= 0.6 is 0 Å². The second-order valence-corrected chi connectivity index (χ2v) is 7.01. The lowest BCUT2D eigenvalue weighted by molar-refractivity contribution is 0.0796. The first-order valence-corrected chi connectivity index (χ1v) is 9.32. The standard InChI is InChI=1S/C19H30N4O2/c1-22-9-11-23(12-10-22)18(16-5-3-2-4-6-16)15-20-19(24)21-17-7-13-25-14-8-17/h2-6,17-18H,7-15H2,1H3,(H2,20,21,24). The first-order valence-electron chi connectivity index (χ1n) is 9.32. The molecule has 1 aromatic rings. The number of benzene rings is 1. The number of hydrogen-bond donors (Lipinski definition) is 2. The normalized spacial score (nSPS) is 21.6. The Morgan fingerprint density at radius 1 is 1.16 bits per heavy atom. The Morgan fingerprint density at radius 2 is 1.84 bits per heavy atom. The fraction of sp³-hybridized carbons (Fsp3) is 0.632. The van der Waals surface area contributed by atoms with Crippen molar-refractivity contribution in [2.24, 2.45) is 0 Å². The smallest absolute Gasteiger partial charge is 0.315 e. The quantitative estimate of drug-likeness (QED) is 0.847. The van der Waals surface area contributed by atoms with Gasteiger partial charge in [-0.15, -0.1) is 0 Å². The molecule has 0 aliphatic carbocycles. The van der Waals surface area contributed by atoms with Crippen LogP contribution in [0.3, 0.4) is 0 Å². The molecule has 0 radical (unpaired) electrons. The monoisotopic (exact) mass is 346 g/mol. The highest BCUT2D eigenvalue weighted by molar-refractivity contribution is 5.74. The highest BCUT2D eigenvalue weighted by Crippen LogP contribution is 2.21. The van der Waals surface area contributed by atoms with Gasteiger partial charge in [-0.2, -0.15) is 0 Å². The number of hydrogen-bond acceptors (Lipinski definition) is 4. The average molecular weight is 346 g/mol. The van der Waals surface area contributed by atoms with Gasteiger partial charge in [0.1, 0.15) is 0 Å². The second-order valence-electron chi connectivity index (χ2n) is 7.01. The van der Waals surface area contributed by atoms with E-state index in [1.54, 1.807) is 0 Å². The maximum absolute atomic E-state index is 12.3. The summed E-state index contributed by atoms with van der Waals surface area (Å²) in [7, 11) is 2.16. The van der Waals surface area contributed by atoms with Gasteiger partial charge in [0, 0.05) is 52.0 Å². The Hall–Kier alpha value is -1.63. The Morgan fingerprint density at radius 3 is 2.52 bits per heavy atom. The van der Waals surface area contributed by atoms with E-state index in [0.717, 1.165) is 52.2 Å². The molecule has 0 saturated carbocycles. The SMILES string of the molecule is CN1CCN(C(CNC(=O)NC2CCOCC2)c2ccccc2)CC1. The molecule has 138 valence electrons. The largest absolute Gasteiger partial charge is 0.381 e. The van der Waals surface area contributed by atoms with Crippen LogP contribution in [-0.4, -0.2) is 74.9 Å². The number of piperazine rings is 1. The molecule has 2 amide bonds. The molecule has 6 nitrogen and oxygen atoms in total. The van der Waals surface area contributed by atoms with Crippen molar-refractivity contribution < 1.29 is 9.53 Å². The van der Waals surface area contributed by atoms with Crippen LogP contribution in [0.1, 0.15) is 24.4 Å². The first-order chi connectivity index (χ1) is 12.2. The number of nitrogens with zero attached hydrogens (tertiary/aromatic N) is 2. The van der Waals surface area contributed by atoms with Gasteiger partial charge in [-0.05, 0) is 25.5 Å². The van der Waals surface area contributed by atoms with Crippen molar-refractivity contribution >= 4 is 6.03 Å². The molecule has 2 fully saturated rings. The number of urea groups is 1. The van der Waals surface area contributed by atoms with Gasteiger partial charge in [0.2, 0.25) is 0 Å². The van der Waals surface area contributed by atoms with E-state index >= 15 is 0 Å². The lowest BCUT2D eigenvalue weighted by atomic mass is 10.0. The summed E-state index contributed by atoms with van der Waals surface area (Å²) in [6.45, 7) is 6.29. The van der Waals surface area contributed by atoms with Crippen LogP contribution in [0.4, 0.5) is 4.79 Å². The van der Waals surface area contributed by atoms with E-state index in [0.29, 0.717) is 6.54 Å². The van der Waals surface area contributed by atoms with Gasteiger partial charge in [0.25, 0.3) is 0 Å². The molecule has 1 atom stereocenters. The van der Waals surface area contributed by atoms with Gasteiger partial charge in [-0.1, -0.05) is 30.3 Å². The fourth-order valence-corrected chi connectivity index (χ4v) is 3.53. The van der Waals surface area contributed by atoms with E-state index in [4.69, 9.17) is 4.74 Å². The molecule has 2 aliphatic rings. The molecule has 25 heavy (non-hydrogen) atoms. The first kappa shape index (κ1) is 18.2. The summed E-state index contributed by atoms with van der Waals surface area (Å²) in [5.41, 5.74) is 1.26. The van der Waals surface area contributed by atoms with Crippen molar-refractivity contribution in [1.29, 1.82) is 0 Å². The molecule has 3 rings (SSSR count). The van der Waals surface area contributed by atoms with Gasteiger partial charge in [-0.3, -0.25) is 4.90 Å². The zero-order chi connectivity index (χ0) is 17.5. The van der Waals surface area contributed by atoms with Gasteiger partial charge in [0.05, 0.1) is 6.04 Å². The number of nitrogens with one attached hydrogen (secondary N) is 2. The number of carbonyl (C=O) groups excluding carboxylic acids is 1. The van der Waals surface area contributed by atoms with Crippen molar-refractivity contribution in [3.8, 4) is 0 Å². The van der Waals surface area contributed by atoms with Crippen molar-refractivity contribution in [2.45, 2.75) is 24.9 Å². The Bertz CT molecular complexity index is 525. The van der Waals surface area contributed by atoms with Crippen molar-refractivity contribution in [2.75, 3.05) is 53.0 Å². The summed E-state index contributed by atoms with van der Waals surface area (Å²) in [5, 5.41) is 6.17. The molecule has 1 aromatic carbocycles. The maximum Gasteiger partial charge on any atom is 0.315 e. The fourth-order valence-electron chi connectivity index (χ4n) is 3.53. The third-order valence-electron chi connectivity index (χ3n) is 5.18. The summed E-state index contributed by atoms with van der Waals surface area (Å²) >= 11 is 0. The van der Waals surface area contributed by atoms with Gasteiger partial charge in [0.15, 0.2) is 0 Å². The highest BCUT2D eigenvalue weighted by atomic mass is 16.5. The van der Waals surface area contributed by atoms with Crippen molar-refractivity contribution in [3.05, 3.63) is 35.9 Å². The van der Waals surface area contributed by atoms with Gasteiger partial charge < -0.3 is 20.3 Å². The topological polar surface area (TPSA) is 56.8 Å². The van der Waals surface area contributed by atoms with Crippen LogP contribution < -0.4 is 10.6 Å². The van der Waals surface area contributed by atoms with E-state index in [9.17, 15) is 4.79 Å². The van der Waals surface area contributed by atoms with Crippen LogP contribution in [0.25, 0.3) is 0 Å². The van der Waals surface area contributed by atoms with E-state index in [1.165, 1.54) is 5.56 Å². The lowest BCUT2D eigenvalue weighted by Crippen LogP contribution is -2.50. The third-order valence-corrected chi connectivity index (χ3v) is 5.18. The van der Waals surface area contributed by atoms with E-state index < -0.39 is 0 Å². The zero-order valence-corrected chi connectivity index (χ0v) is 15.1. The van der Waals surface area contributed by atoms with Gasteiger partial charge >= 0.3 is 6.03 Å². The predicted octanol–water partition coefficient (Wildman–Crippen LogP) is 1.45. The summed E-state index contributed by atoms with van der Waals surface area (Å²) in [4.78, 5) is 17.1. The Labute approximate surface area is 150 Å². The molecule has 2 N–H and O–H groups in total. The molecule has 2 heterocycles. The third kappa shape index (κ3) is 5.42. The summed E-state index contributed by atoms with van der Waals surface area (Å²) in [6.07, 6.45) is 1.79. The molecule has 0 spiro atoms. The minimum absolute atomic E-state index is 0.0676. The number of ether oxygens (including phenoxy) is 1. The minimum Gasteiger partial charge on any atom is -0.381 e. The molecule has 1 unspecified atom stereocenters. The molecule has 6 heteroatoms. The Balaban J connectivity index is 1.56. The number of carbonyl (C=O) groups is 1. The maximum atomic E-state index is 12.3. The van der Waals surface area contributed by atoms with Crippen LogP contribution in [0.15, 0.2) is 30.3 Å². The lowest BCUT2D eigenvalue weighted by Gasteiger charge is -2.38. The number of likely N-dealkylation sites (N-methyl/N-ethyl adjacent to an activating group) is 1. The molecular formula is C19H30N4O2. The second kappa shape index (κ2) is 9.17. The highest BCUT2D eigenvalue weighted by Gasteiger charge is 2.24. The molecular weight excluding hydrogens is 316 g/mol. The van der Waals surface area contributed by atoms with Crippen LogP contribution in [0.2, 0.25) is 0 Å². The molecule has 2 aliphatic heterocycles. The summed E-state index contributed by atoms with van der Waals surface area (Å²) in [5.74, 6) is 0. The number of rotatable bonds is 5. The number of amides is 2. The predicted molar refractivity (Wildman–Crippen MR) is 98.6 cm³/mol. The Kier molecular flexibility index (Phi) is 6.67. The average Bonchev–Trinajstić information content (AvgIpc) is 2.65. The van der Waals surface area contributed by atoms with E-state index in [1.807, 2.05) is 6.07 Å². The van der Waals surface area contributed by atoms with Crippen molar-refractivity contribution in [1.82, 2.24) is 20.4 Å². The molecule has 2 saturated heterocycles. The summed E-state index contributed by atoms with van der Waals surface area (Å²) in [6, 6.07) is 10.9. The van der Waals surface area contributed by atoms with Gasteiger partial charge in [-0.25, -0.2) is 4.79 Å². The molecule has 0 bridgehead atoms. The van der Waals surface area contributed by atoms with Crippen molar-refractivity contribution in [3.63, 3.8) is 0 Å². The van der Waals surface area contributed by atoms with E-state index in [2.05, 4.69) is 51.7 Å². The minimum atomic E-state index is -0.0676. The van der Waals surface area contributed by atoms with Crippen LogP contribution in [0.5, 0.6) is 0 Å². The molecule has 0 aromatic heterocycles. The zero-order valence-electron chi connectivity index (χ0n) is 15.1. The van der Waals surface area contributed by atoms with Crippen LogP contribution in [0, 0.1) is 0 Å². The van der Waals surface area contributed by atoms with Crippen LogP contribution in [-0.2, 0) is 4.74 Å².